The molecule has 1 aromatic heterocycles. The third-order valence-corrected chi connectivity index (χ3v) is 2.49. The Labute approximate surface area is 74.8 Å². The smallest absolute Gasteiger partial charge is 0.105 e. The molecule has 0 saturated heterocycles. The van der Waals surface area contributed by atoms with Crippen molar-refractivity contribution in [2.75, 3.05) is 0 Å². The molecule has 10 heavy (non-hydrogen) atoms. The molecular formula is C7H11IN2. The van der Waals surface area contributed by atoms with E-state index in [1.807, 2.05) is 6.92 Å². The normalized spacial score (nSPS) is 10.4. The fourth-order valence-corrected chi connectivity index (χ4v) is 2.07. The van der Waals surface area contributed by atoms with Crippen LogP contribution in [0.3, 0.4) is 0 Å². The monoisotopic (exact) mass is 250 g/mol. The molecule has 0 aliphatic carbocycles. The van der Waals surface area contributed by atoms with Crippen LogP contribution >= 0.6 is 22.6 Å². The molecule has 3 heteroatoms. The predicted molar refractivity (Wildman–Crippen MR) is 50.4 cm³/mol. The molecule has 2 nitrogen and oxygen atoms in total. The second kappa shape index (κ2) is 2.90. The molecule has 1 heterocycles. The van der Waals surface area contributed by atoms with Crippen molar-refractivity contribution in [3.63, 3.8) is 0 Å². The van der Waals surface area contributed by atoms with Gasteiger partial charge in [0.25, 0.3) is 0 Å². The summed E-state index contributed by atoms with van der Waals surface area (Å²) in [5.74, 6) is 1.10. The Morgan fingerprint density at radius 3 is 2.30 bits per heavy atom. The summed E-state index contributed by atoms with van der Waals surface area (Å²) in [7, 11) is 2.06. The molecule has 0 bridgehead atoms. The Kier molecular flexibility index (Phi) is 2.33. The van der Waals surface area contributed by atoms with Crippen molar-refractivity contribution in [1.29, 1.82) is 0 Å². The van der Waals surface area contributed by atoms with Crippen molar-refractivity contribution in [3.05, 3.63) is 17.2 Å². The topological polar surface area (TPSA) is 17.8 Å². The van der Waals surface area contributed by atoms with E-state index in [0.717, 1.165) is 15.9 Å². The fourth-order valence-electron chi connectivity index (χ4n) is 1.01. The minimum atomic E-state index is 1.04. The van der Waals surface area contributed by atoms with Gasteiger partial charge < -0.3 is 4.57 Å². The molecule has 0 aliphatic heterocycles. The van der Waals surface area contributed by atoms with Crippen molar-refractivity contribution in [3.8, 4) is 0 Å². The number of aromatic nitrogens is 2. The van der Waals surface area contributed by atoms with Crippen LogP contribution in [0.1, 0.15) is 17.2 Å². The molecule has 0 saturated carbocycles. The van der Waals surface area contributed by atoms with Gasteiger partial charge in [-0.15, -0.1) is 0 Å². The first-order chi connectivity index (χ1) is 4.66. The molecule has 1 rings (SSSR count). The molecule has 0 aliphatic rings. The van der Waals surface area contributed by atoms with Crippen molar-refractivity contribution >= 4 is 22.6 Å². The summed E-state index contributed by atoms with van der Waals surface area (Å²) < 4.78 is 3.18. The lowest BCUT2D eigenvalue weighted by Gasteiger charge is -1.98. The maximum Gasteiger partial charge on any atom is 0.105 e. The van der Waals surface area contributed by atoms with Gasteiger partial charge in [-0.3, -0.25) is 0 Å². The molecule has 0 radical (unpaired) electrons. The second-order valence-electron chi connectivity index (χ2n) is 2.38. The first kappa shape index (κ1) is 8.04. The standard InChI is InChI=1S/C7H11IN2/c1-5-7(4-8)10(3)6(2)9-5/h4H2,1-3H3. The highest BCUT2D eigenvalue weighted by atomic mass is 127. The number of hydrogen-bond donors (Lipinski definition) is 0. The number of halogens is 1. The molecule has 1 aromatic rings. The van der Waals surface area contributed by atoms with E-state index in [1.54, 1.807) is 0 Å². The molecule has 0 aromatic carbocycles. The van der Waals surface area contributed by atoms with E-state index in [-0.39, 0.29) is 0 Å². The Hall–Kier alpha value is -0.0600. The predicted octanol–water partition coefficient (Wildman–Crippen LogP) is 1.97. The first-order valence-electron chi connectivity index (χ1n) is 3.21. The zero-order valence-electron chi connectivity index (χ0n) is 6.48. The maximum atomic E-state index is 4.34. The van der Waals surface area contributed by atoms with E-state index in [2.05, 4.69) is 46.1 Å². The van der Waals surface area contributed by atoms with E-state index < -0.39 is 0 Å². The van der Waals surface area contributed by atoms with Crippen LogP contribution in [-0.2, 0) is 11.5 Å². The minimum Gasteiger partial charge on any atom is -0.334 e. The third kappa shape index (κ3) is 1.19. The zero-order chi connectivity index (χ0) is 7.72. The fraction of sp³-hybridized carbons (Fsp3) is 0.571. The summed E-state index contributed by atoms with van der Waals surface area (Å²) in [6.45, 7) is 4.09. The average molecular weight is 250 g/mol. The summed E-state index contributed by atoms with van der Waals surface area (Å²) in [6.07, 6.45) is 0. The number of aryl methyl sites for hydroxylation is 2. The second-order valence-corrected chi connectivity index (χ2v) is 3.15. The number of rotatable bonds is 1. The molecule has 0 atom stereocenters. The molecule has 0 amide bonds. The average Bonchev–Trinajstić information content (AvgIpc) is 2.09. The highest BCUT2D eigenvalue weighted by molar-refractivity contribution is 14.1. The Balaban J connectivity index is 3.20. The van der Waals surface area contributed by atoms with Crippen molar-refractivity contribution in [2.24, 2.45) is 7.05 Å². The van der Waals surface area contributed by atoms with Crippen LogP contribution in [0.4, 0.5) is 0 Å². The van der Waals surface area contributed by atoms with Gasteiger partial charge in [0, 0.05) is 17.2 Å². The van der Waals surface area contributed by atoms with Crippen LogP contribution in [0.2, 0.25) is 0 Å². The Bertz CT molecular complexity index is 240. The van der Waals surface area contributed by atoms with E-state index in [0.29, 0.717) is 0 Å². The molecule has 0 fully saturated rings. The summed E-state index contributed by atoms with van der Waals surface area (Å²) in [5, 5.41) is 0. The van der Waals surface area contributed by atoms with Crippen LogP contribution in [0.25, 0.3) is 0 Å². The van der Waals surface area contributed by atoms with Crippen LogP contribution in [0.5, 0.6) is 0 Å². The lowest BCUT2D eigenvalue weighted by molar-refractivity contribution is 0.825. The molecule has 0 unspecified atom stereocenters. The number of nitrogens with zero attached hydrogens (tertiary/aromatic N) is 2. The lowest BCUT2D eigenvalue weighted by Crippen LogP contribution is -1.95. The SMILES string of the molecule is Cc1nc(C)n(C)c1CI. The van der Waals surface area contributed by atoms with Crippen molar-refractivity contribution in [1.82, 2.24) is 9.55 Å². The van der Waals surface area contributed by atoms with Gasteiger partial charge in [-0.1, -0.05) is 22.6 Å². The van der Waals surface area contributed by atoms with Gasteiger partial charge in [0.2, 0.25) is 0 Å². The molecule has 0 N–H and O–H groups in total. The van der Waals surface area contributed by atoms with Crippen molar-refractivity contribution < 1.29 is 0 Å². The van der Waals surface area contributed by atoms with E-state index >= 15 is 0 Å². The van der Waals surface area contributed by atoms with Gasteiger partial charge in [-0.2, -0.15) is 0 Å². The van der Waals surface area contributed by atoms with Gasteiger partial charge in [0.05, 0.1) is 5.69 Å². The third-order valence-electron chi connectivity index (χ3n) is 1.76. The van der Waals surface area contributed by atoms with Gasteiger partial charge in [-0.25, -0.2) is 4.98 Å². The largest absolute Gasteiger partial charge is 0.334 e. The van der Waals surface area contributed by atoms with Gasteiger partial charge in [-0.05, 0) is 13.8 Å². The van der Waals surface area contributed by atoms with E-state index in [9.17, 15) is 0 Å². The number of alkyl halides is 1. The van der Waals surface area contributed by atoms with Crippen molar-refractivity contribution in [2.45, 2.75) is 18.3 Å². The summed E-state index contributed by atoms with van der Waals surface area (Å²) in [4.78, 5) is 4.34. The first-order valence-corrected chi connectivity index (χ1v) is 4.74. The molecule has 56 valence electrons. The van der Waals surface area contributed by atoms with Gasteiger partial charge >= 0.3 is 0 Å². The summed E-state index contributed by atoms with van der Waals surface area (Å²) in [5.41, 5.74) is 2.49. The highest BCUT2D eigenvalue weighted by Gasteiger charge is 2.04. The van der Waals surface area contributed by atoms with Crippen LogP contribution in [-0.4, -0.2) is 9.55 Å². The molecular weight excluding hydrogens is 239 g/mol. The van der Waals surface area contributed by atoms with Crippen LogP contribution in [0, 0.1) is 13.8 Å². The quantitative estimate of drug-likeness (QED) is 0.550. The highest BCUT2D eigenvalue weighted by Crippen LogP contribution is 2.11. The Morgan fingerprint density at radius 2 is 2.10 bits per heavy atom. The van der Waals surface area contributed by atoms with Gasteiger partial charge in [0.15, 0.2) is 0 Å². The summed E-state index contributed by atoms with van der Waals surface area (Å²) >= 11 is 2.36. The van der Waals surface area contributed by atoms with Gasteiger partial charge in [0.1, 0.15) is 5.82 Å². The van der Waals surface area contributed by atoms with E-state index in [4.69, 9.17) is 0 Å². The van der Waals surface area contributed by atoms with Crippen LogP contribution in [0.15, 0.2) is 0 Å². The zero-order valence-corrected chi connectivity index (χ0v) is 8.64. The molecule has 0 spiro atoms. The maximum absolute atomic E-state index is 4.34. The minimum absolute atomic E-state index is 1.04. The van der Waals surface area contributed by atoms with E-state index in [1.165, 1.54) is 5.69 Å². The number of imidazole rings is 1. The summed E-state index contributed by atoms with van der Waals surface area (Å²) in [6, 6.07) is 0. The lowest BCUT2D eigenvalue weighted by atomic mass is 10.4. The van der Waals surface area contributed by atoms with Crippen LogP contribution < -0.4 is 0 Å². The number of hydrogen-bond acceptors (Lipinski definition) is 1. The Morgan fingerprint density at radius 1 is 1.50 bits per heavy atom.